The molecule has 4 rings (SSSR count). The molecule has 198 valence electrons. The minimum absolute atomic E-state index is 0.0974. The first-order valence-corrected chi connectivity index (χ1v) is 14.1. The number of fused-ring (bicyclic) bond motifs is 1. The molecule has 2 aromatic carbocycles. The van der Waals surface area contributed by atoms with Gasteiger partial charge >= 0.3 is 0 Å². The number of carbonyl (C=O) groups is 2. The lowest BCUT2D eigenvalue weighted by Crippen LogP contribution is -2.34. The van der Waals surface area contributed by atoms with Gasteiger partial charge in [-0.05, 0) is 55.3 Å². The van der Waals surface area contributed by atoms with Crippen molar-refractivity contribution in [1.29, 1.82) is 0 Å². The highest BCUT2D eigenvalue weighted by Gasteiger charge is 2.26. The number of amides is 2. The Kier molecular flexibility index (Phi) is 8.55. The summed E-state index contributed by atoms with van der Waals surface area (Å²) in [4.78, 5) is 29.4. The number of aromatic nitrogens is 1. The number of anilines is 1. The van der Waals surface area contributed by atoms with Crippen LogP contribution in [0.25, 0.3) is 10.2 Å². The van der Waals surface area contributed by atoms with E-state index < -0.39 is 15.9 Å². The van der Waals surface area contributed by atoms with Gasteiger partial charge in [-0.2, -0.15) is 9.30 Å². The number of rotatable bonds is 9. The number of thiazole rings is 1. The van der Waals surface area contributed by atoms with Crippen LogP contribution >= 0.6 is 11.3 Å². The largest absolute Gasteiger partial charge is 0.383 e. The molecule has 3 aromatic rings. The lowest BCUT2D eigenvalue weighted by molar-refractivity contribution is -0.114. The summed E-state index contributed by atoms with van der Waals surface area (Å²) in [5.74, 6) is -0.664. The highest BCUT2D eigenvalue weighted by Crippen LogP contribution is 2.23. The first-order valence-electron chi connectivity index (χ1n) is 11.9. The summed E-state index contributed by atoms with van der Waals surface area (Å²) in [6.45, 7) is 3.29. The molecule has 1 fully saturated rings. The number of benzene rings is 2. The second-order valence-electron chi connectivity index (χ2n) is 8.75. The van der Waals surface area contributed by atoms with Crippen molar-refractivity contribution in [2.75, 3.05) is 39.2 Å². The minimum Gasteiger partial charge on any atom is -0.383 e. The zero-order chi connectivity index (χ0) is 26.6. The van der Waals surface area contributed by atoms with E-state index in [0.717, 1.165) is 23.1 Å². The molecule has 1 aliphatic heterocycles. The number of sulfonamides is 1. The molecule has 2 heterocycles. The molecule has 37 heavy (non-hydrogen) atoms. The van der Waals surface area contributed by atoms with Gasteiger partial charge in [-0.25, -0.2) is 8.42 Å². The molecule has 0 spiro atoms. The van der Waals surface area contributed by atoms with Crippen LogP contribution in [0.1, 0.15) is 30.1 Å². The van der Waals surface area contributed by atoms with E-state index in [0.29, 0.717) is 30.2 Å². The van der Waals surface area contributed by atoms with E-state index >= 15 is 0 Å². The monoisotopic (exact) mass is 546 g/mol. The van der Waals surface area contributed by atoms with Crippen LogP contribution in [0.5, 0.6) is 0 Å². The Morgan fingerprint density at radius 3 is 2.65 bits per heavy atom. The Bertz CT molecular complexity index is 1450. The zero-order valence-electron chi connectivity index (χ0n) is 21.0. The van der Waals surface area contributed by atoms with Crippen LogP contribution in [0.15, 0.2) is 52.4 Å². The Balaban J connectivity index is 1.60. The topological polar surface area (TPSA) is 119 Å². The molecule has 1 atom stereocenters. The Morgan fingerprint density at radius 2 is 2.00 bits per heavy atom. The lowest BCUT2D eigenvalue weighted by Gasteiger charge is -2.20. The first kappa shape index (κ1) is 27.1. The van der Waals surface area contributed by atoms with Gasteiger partial charge in [-0.1, -0.05) is 11.3 Å². The normalized spacial score (nSPS) is 16.5. The second-order valence-corrected chi connectivity index (χ2v) is 11.8. The molecule has 0 bridgehead atoms. The van der Waals surface area contributed by atoms with Crippen LogP contribution in [-0.4, -0.2) is 69.1 Å². The maximum Gasteiger partial charge on any atom is 0.279 e. The SMILES string of the molecule is COCCn1c(=NC(=O)c2ccc(S(=O)(=O)N(C)CC3CCCO3)cc2)sc2cc(NC(C)=O)ccc21. The molecule has 0 saturated carbocycles. The van der Waals surface area contributed by atoms with Crippen molar-refractivity contribution in [3.63, 3.8) is 0 Å². The third kappa shape index (κ3) is 6.33. The Morgan fingerprint density at radius 1 is 1.24 bits per heavy atom. The smallest absolute Gasteiger partial charge is 0.279 e. The average molecular weight is 547 g/mol. The molecule has 10 nitrogen and oxygen atoms in total. The first-order chi connectivity index (χ1) is 17.7. The fourth-order valence-corrected chi connectivity index (χ4v) is 6.41. The van der Waals surface area contributed by atoms with Crippen LogP contribution in [-0.2, 0) is 30.8 Å². The molecule has 0 radical (unpaired) electrons. The molecule has 0 aliphatic carbocycles. The van der Waals surface area contributed by atoms with Gasteiger partial charge in [0.25, 0.3) is 5.91 Å². The van der Waals surface area contributed by atoms with Gasteiger partial charge in [0.05, 0.1) is 27.8 Å². The quantitative estimate of drug-likeness (QED) is 0.441. The van der Waals surface area contributed by atoms with Crippen LogP contribution in [0.4, 0.5) is 5.69 Å². The second kappa shape index (κ2) is 11.7. The van der Waals surface area contributed by atoms with E-state index in [1.807, 2.05) is 16.7 Å². The van der Waals surface area contributed by atoms with E-state index in [9.17, 15) is 18.0 Å². The lowest BCUT2D eigenvalue weighted by atomic mass is 10.2. The number of methoxy groups -OCH3 is 1. The van der Waals surface area contributed by atoms with Crippen molar-refractivity contribution < 1.29 is 27.5 Å². The number of likely N-dealkylation sites (N-methyl/N-ethyl adjacent to an activating group) is 1. The van der Waals surface area contributed by atoms with Gasteiger partial charge in [-0.15, -0.1) is 0 Å². The van der Waals surface area contributed by atoms with Crippen molar-refractivity contribution in [3.05, 3.63) is 52.8 Å². The fraction of sp³-hybridized carbons (Fsp3) is 0.400. The molecular formula is C25H30N4O6S2. The molecule has 1 N–H and O–H groups in total. The summed E-state index contributed by atoms with van der Waals surface area (Å²) < 4.78 is 40.7. The van der Waals surface area contributed by atoms with Gasteiger partial charge in [0.1, 0.15) is 0 Å². The van der Waals surface area contributed by atoms with Crippen LogP contribution in [0, 0.1) is 0 Å². The number of hydrogen-bond acceptors (Lipinski definition) is 7. The third-order valence-electron chi connectivity index (χ3n) is 6.01. The molecule has 12 heteroatoms. The zero-order valence-corrected chi connectivity index (χ0v) is 22.6. The third-order valence-corrected chi connectivity index (χ3v) is 8.89. The van der Waals surface area contributed by atoms with Crippen molar-refractivity contribution in [1.82, 2.24) is 8.87 Å². The number of hydrogen-bond donors (Lipinski definition) is 1. The van der Waals surface area contributed by atoms with Gasteiger partial charge < -0.3 is 19.4 Å². The van der Waals surface area contributed by atoms with Crippen LogP contribution < -0.4 is 10.1 Å². The number of ether oxygens (including phenoxy) is 2. The van der Waals surface area contributed by atoms with E-state index in [1.165, 1.54) is 53.9 Å². The maximum atomic E-state index is 13.0. The predicted molar refractivity (Wildman–Crippen MR) is 141 cm³/mol. The van der Waals surface area contributed by atoms with Gasteiger partial charge in [0.15, 0.2) is 4.80 Å². The van der Waals surface area contributed by atoms with Crippen molar-refractivity contribution in [2.24, 2.45) is 4.99 Å². The molecule has 1 aliphatic rings. The molecule has 2 amide bonds. The average Bonchev–Trinajstić information content (AvgIpc) is 3.49. The van der Waals surface area contributed by atoms with Gasteiger partial charge in [0, 0.05) is 52.0 Å². The number of carbonyl (C=O) groups excluding carboxylic acids is 2. The summed E-state index contributed by atoms with van der Waals surface area (Å²) in [6.07, 6.45) is 1.67. The molecular weight excluding hydrogens is 516 g/mol. The van der Waals surface area contributed by atoms with Crippen molar-refractivity contribution >= 4 is 49.1 Å². The predicted octanol–water partition coefficient (Wildman–Crippen LogP) is 2.85. The van der Waals surface area contributed by atoms with Gasteiger partial charge in [-0.3, -0.25) is 9.59 Å². The highest BCUT2D eigenvalue weighted by molar-refractivity contribution is 7.89. The highest BCUT2D eigenvalue weighted by atomic mass is 32.2. The van der Waals surface area contributed by atoms with Crippen LogP contribution in [0.3, 0.4) is 0 Å². The van der Waals surface area contributed by atoms with Gasteiger partial charge in [0.2, 0.25) is 15.9 Å². The number of nitrogens with zero attached hydrogens (tertiary/aromatic N) is 3. The molecule has 1 saturated heterocycles. The summed E-state index contributed by atoms with van der Waals surface area (Å²) >= 11 is 1.32. The summed E-state index contributed by atoms with van der Waals surface area (Å²) in [7, 11) is -0.582. The van der Waals surface area contributed by atoms with E-state index in [1.54, 1.807) is 13.2 Å². The summed E-state index contributed by atoms with van der Waals surface area (Å²) in [5, 5.41) is 2.76. The fourth-order valence-electron chi connectivity index (χ4n) is 4.11. The van der Waals surface area contributed by atoms with E-state index in [-0.39, 0.29) is 29.0 Å². The van der Waals surface area contributed by atoms with Crippen molar-refractivity contribution in [2.45, 2.75) is 37.3 Å². The minimum atomic E-state index is -3.71. The van der Waals surface area contributed by atoms with E-state index in [2.05, 4.69) is 10.3 Å². The molecule has 1 aromatic heterocycles. The Hall–Kier alpha value is -2.90. The maximum absolute atomic E-state index is 13.0. The molecule has 1 unspecified atom stereocenters. The Labute approximate surface area is 219 Å². The van der Waals surface area contributed by atoms with Crippen LogP contribution in [0.2, 0.25) is 0 Å². The standard InChI is InChI=1S/C25H30N4O6S2/c1-17(30)26-19-8-11-22-23(15-19)36-25(29(22)12-14-34-3)27-24(31)18-6-9-21(10-7-18)37(32,33)28(2)16-20-5-4-13-35-20/h6-11,15,20H,4-5,12-14,16H2,1-3H3,(H,26,30). The summed E-state index contributed by atoms with van der Waals surface area (Å²) in [5.41, 5.74) is 1.79. The van der Waals surface area contributed by atoms with E-state index in [4.69, 9.17) is 9.47 Å². The summed E-state index contributed by atoms with van der Waals surface area (Å²) in [6, 6.07) is 11.3. The number of nitrogens with one attached hydrogen (secondary N) is 1. The van der Waals surface area contributed by atoms with Crippen molar-refractivity contribution in [3.8, 4) is 0 Å².